The molecule has 1 rings (SSSR count). The molecule has 0 amide bonds. The van der Waals surface area contributed by atoms with E-state index in [9.17, 15) is 0 Å². The van der Waals surface area contributed by atoms with Crippen LogP contribution < -0.4 is 5.48 Å². The van der Waals surface area contributed by atoms with E-state index in [0.717, 1.165) is 12.4 Å². The standard InChI is InChI=1S/C7H13NO2/c1-3-9-5-7-4-6(2)8-10-7/h4,6,8H,3,5H2,1-2H3. The molecule has 3 heteroatoms. The highest BCUT2D eigenvalue weighted by molar-refractivity contribution is 5.02. The SMILES string of the molecule is CCOCC1=CC(C)NO1. The van der Waals surface area contributed by atoms with Crippen molar-refractivity contribution in [2.75, 3.05) is 13.2 Å². The summed E-state index contributed by atoms with van der Waals surface area (Å²) in [6.07, 6.45) is 2.01. The molecule has 0 saturated heterocycles. The summed E-state index contributed by atoms with van der Waals surface area (Å²) in [4.78, 5) is 5.05. The topological polar surface area (TPSA) is 30.5 Å². The van der Waals surface area contributed by atoms with Crippen LogP contribution in [0, 0.1) is 0 Å². The maximum Gasteiger partial charge on any atom is 0.147 e. The molecule has 0 aromatic carbocycles. The van der Waals surface area contributed by atoms with E-state index >= 15 is 0 Å². The maximum atomic E-state index is 5.13. The third kappa shape index (κ3) is 2.01. The lowest BCUT2D eigenvalue weighted by atomic mass is 10.3. The van der Waals surface area contributed by atoms with E-state index in [1.807, 2.05) is 19.9 Å². The predicted molar refractivity (Wildman–Crippen MR) is 38.3 cm³/mol. The minimum absolute atomic E-state index is 0.315. The van der Waals surface area contributed by atoms with Gasteiger partial charge in [0.15, 0.2) is 0 Å². The Kier molecular flexibility index (Phi) is 2.71. The maximum absolute atomic E-state index is 5.13. The average molecular weight is 143 g/mol. The number of rotatable bonds is 3. The van der Waals surface area contributed by atoms with E-state index in [1.54, 1.807) is 0 Å². The van der Waals surface area contributed by atoms with Crippen LogP contribution in [0.25, 0.3) is 0 Å². The van der Waals surface area contributed by atoms with Crippen molar-refractivity contribution in [3.05, 3.63) is 11.8 Å². The number of nitrogens with one attached hydrogen (secondary N) is 1. The predicted octanol–water partition coefficient (Wildman–Crippen LogP) is 0.830. The molecule has 0 aromatic heterocycles. The highest BCUT2D eigenvalue weighted by atomic mass is 16.7. The summed E-state index contributed by atoms with van der Waals surface area (Å²) in [5, 5.41) is 0. The van der Waals surface area contributed by atoms with Crippen molar-refractivity contribution >= 4 is 0 Å². The molecule has 0 fully saturated rings. The van der Waals surface area contributed by atoms with Gasteiger partial charge in [-0.1, -0.05) is 0 Å². The minimum Gasteiger partial charge on any atom is -0.410 e. The Morgan fingerprint density at radius 3 is 3.10 bits per heavy atom. The van der Waals surface area contributed by atoms with Gasteiger partial charge in [-0.05, 0) is 19.9 Å². The largest absolute Gasteiger partial charge is 0.410 e. The summed E-state index contributed by atoms with van der Waals surface area (Å²) in [7, 11) is 0. The molecular weight excluding hydrogens is 130 g/mol. The van der Waals surface area contributed by atoms with Gasteiger partial charge in [-0.15, -0.1) is 0 Å². The van der Waals surface area contributed by atoms with Crippen molar-refractivity contribution < 1.29 is 9.57 Å². The first-order valence-corrected chi connectivity index (χ1v) is 3.53. The van der Waals surface area contributed by atoms with Crippen LogP contribution in [0.3, 0.4) is 0 Å². The second kappa shape index (κ2) is 3.58. The zero-order chi connectivity index (χ0) is 7.40. The molecule has 0 aromatic rings. The lowest BCUT2D eigenvalue weighted by Gasteiger charge is -2.01. The van der Waals surface area contributed by atoms with Gasteiger partial charge in [-0.25, -0.2) is 0 Å². The van der Waals surface area contributed by atoms with Crippen LogP contribution in [0.4, 0.5) is 0 Å². The second-order valence-electron chi connectivity index (χ2n) is 2.28. The summed E-state index contributed by atoms with van der Waals surface area (Å²) in [6, 6.07) is 0.315. The van der Waals surface area contributed by atoms with E-state index in [0.29, 0.717) is 12.6 Å². The Labute approximate surface area is 61.0 Å². The van der Waals surface area contributed by atoms with Crippen LogP contribution >= 0.6 is 0 Å². The summed E-state index contributed by atoms with van der Waals surface area (Å²) >= 11 is 0. The Hall–Kier alpha value is -0.540. The first kappa shape index (κ1) is 7.57. The fourth-order valence-electron chi connectivity index (χ4n) is 0.796. The molecule has 1 unspecified atom stereocenters. The van der Waals surface area contributed by atoms with Gasteiger partial charge in [0, 0.05) is 6.61 Å². The minimum atomic E-state index is 0.315. The lowest BCUT2D eigenvalue weighted by molar-refractivity contribution is 0.0675. The van der Waals surface area contributed by atoms with E-state index in [4.69, 9.17) is 9.57 Å². The highest BCUT2D eigenvalue weighted by Gasteiger charge is 2.10. The monoisotopic (exact) mass is 143 g/mol. The van der Waals surface area contributed by atoms with Crippen molar-refractivity contribution in [1.82, 2.24) is 5.48 Å². The quantitative estimate of drug-likeness (QED) is 0.634. The Balaban J connectivity index is 2.22. The van der Waals surface area contributed by atoms with Crippen molar-refractivity contribution in [3.8, 4) is 0 Å². The molecule has 1 aliphatic rings. The molecule has 0 bridgehead atoms. The molecule has 10 heavy (non-hydrogen) atoms. The van der Waals surface area contributed by atoms with Gasteiger partial charge in [0.25, 0.3) is 0 Å². The fraction of sp³-hybridized carbons (Fsp3) is 0.714. The van der Waals surface area contributed by atoms with E-state index in [-0.39, 0.29) is 0 Å². The number of hydrogen-bond donors (Lipinski definition) is 1. The average Bonchev–Trinajstić information content (AvgIpc) is 2.31. The lowest BCUT2D eigenvalue weighted by Crippen LogP contribution is -2.16. The van der Waals surface area contributed by atoms with Gasteiger partial charge in [-0.2, -0.15) is 5.48 Å². The van der Waals surface area contributed by atoms with Crippen molar-refractivity contribution in [2.45, 2.75) is 19.9 Å². The normalized spacial score (nSPS) is 24.2. The summed E-state index contributed by atoms with van der Waals surface area (Å²) in [5.41, 5.74) is 2.81. The smallest absolute Gasteiger partial charge is 0.147 e. The molecule has 1 heterocycles. The molecule has 3 nitrogen and oxygen atoms in total. The van der Waals surface area contributed by atoms with Gasteiger partial charge in [-0.3, -0.25) is 0 Å². The highest BCUT2D eigenvalue weighted by Crippen LogP contribution is 2.06. The molecule has 58 valence electrons. The van der Waals surface area contributed by atoms with Crippen LogP contribution in [-0.4, -0.2) is 19.3 Å². The first-order chi connectivity index (χ1) is 4.83. The first-order valence-electron chi connectivity index (χ1n) is 3.53. The van der Waals surface area contributed by atoms with Crippen LogP contribution in [0.5, 0.6) is 0 Å². The Bertz CT molecular complexity index is 134. The van der Waals surface area contributed by atoms with E-state index in [2.05, 4.69) is 5.48 Å². The molecule has 1 atom stereocenters. The molecule has 0 aliphatic carbocycles. The molecule has 0 spiro atoms. The van der Waals surface area contributed by atoms with Gasteiger partial charge in [0.05, 0.1) is 6.04 Å². The molecule has 1 aliphatic heterocycles. The molecular formula is C7H13NO2. The van der Waals surface area contributed by atoms with Gasteiger partial charge < -0.3 is 9.57 Å². The van der Waals surface area contributed by atoms with Crippen molar-refractivity contribution in [1.29, 1.82) is 0 Å². The second-order valence-corrected chi connectivity index (χ2v) is 2.28. The Morgan fingerprint density at radius 1 is 1.80 bits per heavy atom. The number of hydroxylamine groups is 1. The van der Waals surface area contributed by atoms with Crippen LogP contribution in [0.15, 0.2) is 11.8 Å². The van der Waals surface area contributed by atoms with Gasteiger partial charge in [0.1, 0.15) is 12.4 Å². The Morgan fingerprint density at radius 2 is 2.60 bits per heavy atom. The summed E-state index contributed by atoms with van der Waals surface area (Å²) in [5.74, 6) is 0.884. The van der Waals surface area contributed by atoms with Crippen molar-refractivity contribution in [3.63, 3.8) is 0 Å². The third-order valence-electron chi connectivity index (χ3n) is 1.26. The van der Waals surface area contributed by atoms with Crippen molar-refractivity contribution in [2.24, 2.45) is 0 Å². The number of hydrogen-bond acceptors (Lipinski definition) is 3. The fourth-order valence-corrected chi connectivity index (χ4v) is 0.796. The third-order valence-corrected chi connectivity index (χ3v) is 1.26. The van der Waals surface area contributed by atoms with Crippen LogP contribution in [0.1, 0.15) is 13.8 Å². The van der Waals surface area contributed by atoms with Crippen LogP contribution in [0.2, 0.25) is 0 Å². The zero-order valence-electron chi connectivity index (χ0n) is 6.39. The van der Waals surface area contributed by atoms with Gasteiger partial charge >= 0.3 is 0 Å². The van der Waals surface area contributed by atoms with E-state index < -0.39 is 0 Å². The zero-order valence-corrected chi connectivity index (χ0v) is 6.39. The molecule has 0 saturated carbocycles. The molecule has 0 radical (unpaired) electrons. The number of ether oxygens (including phenoxy) is 1. The summed E-state index contributed by atoms with van der Waals surface area (Å²) < 4.78 is 5.13. The molecule has 1 N–H and O–H groups in total. The summed E-state index contributed by atoms with van der Waals surface area (Å²) in [6.45, 7) is 5.30. The van der Waals surface area contributed by atoms with Gasteiger partial charge in [0.2, 0.25) is 0 Å². The van der Waals surface area contributed by atoms with Crippen LogP contribution in [-0.2, 0) is 9.57 Å². The van der Waals surface area contributed by atoms with E-state index in [1.165, 1.54) is 0 Å².